The zero-order chi connectivity index (χ0) is 14.2. The van der Waals surface area contributed by atoms with Crippen molar-refractivity contribution in [2.45, 2.75) is 44.6 Å². The molecule has 0 aromatic carbocycles. The Morgan fingerprint density at radius 1 is 1.30 bits per heavy atom. The number of hydrogen-bond donors (Lipinski definition) is 2. The zero-order valence-electron chi connectivity index (χ0n) is 11.8. The summed E-state index contributed by atoms with van der Waals surface area (Å²) in [5, 5.41) is 12.2. The summed E-state index contributed by atoms with van der Waals surface area (Å²) in [4.78, 5) is 15.1. The average Bonchev–Trinajstić information content (AvgIpc) is 3.37. The van der Waals surface area contributed by atoms with Gasteiger partial charge in [-0.05, 0) is 44.4 Å². The van der Waals surface area contributed by atoms with Crippen LogP contribution < -0.4 is 5.73 Å². The molecule has 1 saturated heterocycles. The molecule has 20 heavy (non-hydrogen) atoms. The number of carbonyl (C=O) groups is 1. The molecule has 3 rings (SSSR count). The molecule has 1 aliphatic heterocycles. The molecule has 3 N–H and O–H groups in total. The van der Waals surface area contributed by atoms with Crippen LogP contribution in [0, 0.1) is 11.3 Å². The molecule has 0 aromatic heterocycles. The van der Waals surface area contributed by atoms with Crippen molar-refractivity contribution in [2.24, 2.45) is 22.2 Å². The lowest BCUT2D eigenvalue weighted by Gasteiger charge is -2.39. The highest BCUT2D eigenvalue weighted by Gasteiger charge is 2.50. The van der Waals surface area contributed by atoms with Crippen LogP contribution in [0.4, 0.5) is 0 Å². The Balaban J connectivity index is 1.82. The van der Waals surface area contributed by atoms with Crippen LogP contribution in [-0.4, -0.2) is 47.7 Å². The Hall–Kier alpha value is -1.30. The van der Waals surface area contributed by atoms with E-state index in [0.29, 0.717) is 38.0 Å². The number of rotatable bonds is 5. The van der Waals surface area contributed by atoms with Gasteiger partial charge in [0.05, 0.1) is 0 Å². The number of hydrogen-bond acceptors (Lipinski definition) is 4. The second-order valence-corrected chi connectivity index (χ2v) is 6.31. The van der Waals surface area contributed by atoms with Crippen molar-refractivity contribution >= 4 is 11.7 Å². The minimum absolute atomic E-state index is 0.0468. The van der Waals surface area contributed by atoms with E-state index in [4.69, 9.17) is 15.7 Å². The predicted molar refractivity (Wildman–Crippen MR) is 73.4 cm³/mol. The molecule has 0 unspecified atom stereocenters. The maximum absolute atomic E-state index is 13.1. The minimum Gasteiger partial charge on any atom is -0.409 e. The quantitative estimate of drug-likeness (QED) is 0.339. The van der Waals surface area contributed by atoms with Crippen LogP contribution in [0.5, 0.6) is 0 Å². The van der Waals surface area contributed by atoms with Crippen LogP contribution in [0.3, 0.4) is 0 Å². The van der Waals surface area contributed by atoms with Gasteiger partial charge in [0.15, 0.2) is 5.84 Å². The van der Waals surface area contributed by atoms with Crippen LogP contribution in [0.25, 0.3) is 0 Å². The summed E-state index contributed by atoms with van der Waals surface area (Å²) in [6.07, 6.45) is 5.63. The number of nitrogens with two attached hydrogens (primary N) is 1. The van der Waals surface area contributed by atoms with E-state index < -0.39 is 5.41 Å². The Morgan fingerprint density at radius 3 is 2.45 bits per heavy atom. The first-order valence-corrected chi connectivity index (χ1v) is 7.54. The highest BCUT2D eigenvalue weighted by molar-refractivity contribution is 6.07. The number of nitrogens with zero attached hydrogens (tertiary/aromatic N) is 2. The molecule has 3 fully saturated rings. The van der Waals surface area contributed by atoms with Crippen molar-refractivity contribution in [1.29, 1.82) is 0 Å². The molecule has 1 heterocycles. The maximum atomic E-state index is 13.1. The number of oxime groups is 1. The fourth-order valence-corrected chi connectivity index (χ4v) is 3.03. The van der Waals surface area contributed by atoms with Gasteiger partial charge < -0.3 is 20.6 Å². The molecule has 0 radical (unpaired) electrons. The standard InChI is InChI=1S/C14H23N3O3/c15-12(16-19)14(5-7-20-8-6-14)13(18)17(11-3-4-11)9-10-1-2-10/h10-11,19H,1-9H2,(H2,15,16). The van der Waals surface area contributed by atoms with E-state index in [9.17, 15) is 4.79 Å². The predicted octanol–water partition coefficient (Wildman–Crippen LogP) is 0.931. The zero-order valence-corrected chi connectivity index (χ0v) is 11.8. The van der Waals surface area contributed by atoms with Gasteiger partial charge in [0.25, 0.3) is 0 Å². The van der Waals surface area contributed by atoms with Crippen LogP contribution in [0.1, 0.15) is 38.5 Å². The molecule has 112 valence electrons. The van der Waals surface area contributed by atoms with Crippen molar-refractivity contribution < 1.29 is 14.7 Å². The van der Waals surface area contributed by atoms with E-state index in [2.05, 4.69) is 5.16 Å². The molecule has 0 spiro atoms. The van der Waals surface area contributed by atoms with Gasteiger partial charge in [0, 0.05) is 25.8 Å². The topological polar surface area (TPSA) is 88.2 Å². The third-order valence-electron chi connectivity index (χ3n) is 4.75. The molecule has 0 aromatic rings. The van der Waals surface area contributed by atoms with Crippen molar-refractivity contribution in [1.82, 2.24) is 4.90 Å². The first-order valence-electron chi connectivity index (χ1n) is 7.54. The highest BCUT2D eigenvalue weighted by atomic mass is 16.5. The van der Waals surface area contributed by atoms with Crippen LogP contribution in [0.2, 0.25) is 0 Å². The summed E-state index contributed by atoms with van der Waals surface area (Å²) in [5.74, 6) is 0.751. The summed E-state index contributed by atoms with van der Waals surface area (Å²) in [5.41, 5.74) is 5.03. The van der Waals surface area contributed by atoms with Gasteiger partial charge in [-0.2, -0.15) is 0 Å². The lowest BCUT2D eigenvalue weighted by Crippen LogP contribution is -2.55. The number of carbonyl (C=O) groups excluding carboxylic acids is 1. The summed E-state index contributed by atoms with van der Waals surface area (Å²) in [6, 6.07) is 0.370. The van der Waals surface area contributed by atoms with Crippen LogP contribution in [0.15, 0.2) is 5.16 Å². The second kappa shape index (κ2) is 5.24. The van der Waals surface area contributed by atoms with Gasteiger partial charge in [-0.25, -0.2) is 0 Å². The minimum atomic E-state index is -0.857. The lowest BCUT2D eigenvalue weighted by molar-refractivity contribution is -0.143. The van der Waals surface area contributed by atoms with Gasteiger partial charge in [-0.3, -0.25) is 4.79 Å². The second-order valence-electron chi connectivity index (χ2n) is 6.31. The monoisotopic (exact) mass is 281 g/mol. The Kier molecular flexibility index (Phi) is 3.58. The summed E-state index contributed by atoms with van der Waals surface area (Å²) in [6.45, 7) is 1.82. The van der Waals surface area contributed by atoms with Crippen LogP contribution in [-0.2, 0) is 9.53 Å². The summed E-state index contributed by atoms with van der Waals surface area (Å²) >= 11 is 0. The van der Waals surface area contributed by atoms with E-state index in [1.807, 2.05) is 4.90 Å². The highest BCUT2D eigenvalue weighted by Crippen LogP contribution is 2.40. The molecular weight excluding hydrogens is 258 g/mol. The van der Waals surface area contributed by atoms with Crippen molar-refractivity contribution in [3.63, 3.8) is 0 Å². The number of amides is 1. The normalized spacial score (nSPS) is 26.3. The largest absolute Gasteiger partial charge is 0.409 e. The van der Waals surface area contributed by atoms with E-state index in [-0.39, 0.29) is 11.7 Å². The fourth-order valence-electron chi connectivity index (χ4n) is 3.03. The van der Waals surface area contributed by atoms with Crippen molar-refractivity contribution in [3.05, 3.63) is 0 Å². The summed E-state index contributed by atoms with van der Waals surface area (Å²) < 4.78 is 5.36. The fraction of sp³-hybridized carbons (Fsp3) is 0.857. The van der Waals surface area contributed by atoms with E-state index in [1.165, 1.54) is 12.8 Å². The van der Waals surface area contributed by atoms with Crippen LogP contribution >= 0.6 is 0 Å². The molecule has 6 heteroatoms. The maximum Gasteiger partial charge on any atom is 0.236 e. The van der Waals surface area contributed by atoms with Crippen molar-refractivity contribution in [3.8, 4) is 0 Å². The van der Waals surface area contributed by atoms with Crippen molar-refractivity contribution in [2.75, 3.05) is 19.8 Å². The summed E-state index contributed by atoms with van der Waals surface area (Å²) in [7, 11) is 0. The van der Waals surface area contributed by atoms with Gasteiger partial charge >= 0.3 is 0 Å². The third-order valence-corrected chi connectivity index (χ3v) is 4.75. The third kappa shape index (κ3) is 2.49. The Bertz CT molecular complexity index is 410. The number of amidine groups is 1. The molecule has 6 nitrogen and oxygen atoms in total. The Labute approximate surface area is 118 Å². The lowest BCUT2D eigenvalue weighted by atomic mass is 9.77. The van der Waals surface area contributed by atoms with E-state index >= 15 is 0 Å². The SMILES string of the molecule is NC(=NO)C1(C(=O)N(CC2CC2)C2CC2)CCOCC1. The first-order chi connectivity index (χ1) is 9.67. The molecular formula is C14H23N3O3. The molecule has 3 aliphatic rings. The number of ether oxygens (including phenoxy) is 1. The smallest absolute Gasteiger partial charge is 0.236 e. The van der Waals surface area contributed by atoms with Gasteiger partial charge in [-0.1, -0.05) is 5.16 Å². The first kappa shape index (κ1) is 13.7. The molecule has 0 atom stereocenters. The van der Waals surface area contributed by atoms with E-state index in [0.717, 1.165) is 19.4 Å². The molecule has 0 bridgehead atoms. The molecule has 2 aliphatic carbocycles. The van der Waals surface area contributed by atoms with Gasteiger partial charge in [0.2, 0.25) is 5.91 Å². The molecule has 2 saturated carbocycles. The van der Waals surface area contributed by atoms with Gasteiger partial charge in [0.1, 0.15) is 5.41 Å². The average molecular weight is 281 g/mol. The van der Waals surface area contributed by atoms with Gasteiger partial charge in [-0.15, -0.1) is 0 Å². The van der Waals surface area contributed by atoms with E-state index in [1.54, 1.807) is 0 Å². The Morgan fingerprint density at radius 2 is 1.95 bits per heavy atom. The molecule has 1 amide bonds.